The first-order valence-electron chi connectivity index (χ1n) is 8.09. The molecular weight excluding hydrogens is 306 g/mol. The zero-order valence-electron chi connectivity index (χ0n) is 13.7. The number of piperidine rings is 1. The maximum atomic E-state index is 12.6. The fraction of sp³-hybridized carbons (Fsp3) is 0.444. The van der Waals surface area contributed by atoms with Gasteiger partial charge >= 0.3 is 0 Å². The van der Waals surface area contributed by atoms with Crippen LogP contribution in [-0.4, -0.2) is 28.9 Å². The quantitative estimate of drug-likeness (QED) is 0.940. The average molecular weight is 329 g/mol. The maximum absolute atomic E-state index is 12.6. The van der Waals surface area contributed by atoms with E-state index < -0.39 is 0 Å². The van der Waals surface area contributed by atoms with E-state index in [1.54, 1.807) is 0 Å². The van der Waals surface area contributed by atoms with Crippen molar-refractivity contribution in [1.29, 1.82) is 0 Å². The molecule has 2 heterocycles. The molecule has 0 radical (unpaired) electrons. The predicted molar refractivity (Wildman–Crippen MR) is 94.7 cm³/mol. The highest BCUT2D eigenvalue weighted by atomic mass is 32.1. The van der Waals surface area contributed by atoms with E-state index in [4.69, 9.17) is 5.73 Å². The third-order valence-corrected chi connectivity index (χ3v) is 5.50. The number of benzene rings is 1. The molecule has 2 aromatic rings. The molecule has 1 aliphatic heterocycles. The second-order valence-corrected chi connectivity index (χ2v) is 7.45. The molecule has 2 N–H and O–H groups in total. The van der Waals surface area contributed by atoms with Crippen molar-refractivity contribution in [2.45, 2.75) is 39.0 Å². The number of nitrogens with two attached hydrogens (primary N) is 1. The van der Waals surface area contributed by atoms with Gasteiger partial charge in [-0.3, -0.25) is 4.79 Å². The number of aromatic nitrogens is 1. The number of amides is 1. The molecule has 1 aromatic heterocycles. The van der Waals surface area contributed by atoms with Gasteiger partial charge in [-0.1, -0.05) is 29.8 Å². The highest BCUT2D eigenvalue weighted by Gasteiger charge is 2.25. The first-order chi connectivity index (χ1) is 11.0. The maximum Gasteiger partial charge on any atom is 0.227 e. The Morgan fingerprint density at radius 2 is 2.26 bits per heavy atom. The van der Waals surface area contributed by atoms with E-state index in [0.717, 1.165) is 36.5 Å². The van der Waals surface area contributed by atoms with Gasteiger partial charge in [0.15, 0.2) is 5.13 Å². The van der Waals surface area contributed by atoms with Crippen molar-refractivity contribution in [1.82, 2.24) is 9.88 Å². The Morgan fingerprint density at radius 1 is 1.43 bits per heavy atom. The van der Waals surface area contributed by atoms with Crippen LogP contribution in [0.3, 0.4) is 0 Å². The number of hydrogen-bond acceptors (Lipinski definition) is 4. The van der Waals surface area contributed by atoms with Gasteiger partial charge in [0.25, 0.3) is 0 Å². The number of thiazole rings is 1. The van der Waals surface area contributed by atoms with Crippen LogP contribution in [0.25, 0.3) is 0 Å². The van der Waals surface area contributed by atoms with Crippen LogP contribution in [0.5, 0.6) is 0 Å². The van der Waals surface area contributed by atoms with Crippen molar-refractivity contribution < 1.29 is 4.79 Å². The number of nitrogens with zero attached hydrogens (tertiary/aromatic N) is 2. The molecule has 1 aromatic carbocycles. The Labute approximate surface area is 141 Å². The smallest absolute Gasteiger partial charge is 0.227 e. The summed E-state index contributed by atoms with van der Waals surface area (Å²) < 4.78 is 0. The summed E-state index contributed by atoms with van der Waals surface area (Å²) >= 11 is 1.42. The Bertz CT molecular complexity index is 710. The van der Waals surface area contributed by atoms with Crippen molar-refractivity contribution in [3.8, 4) is 0 Å². The van der Waals surface area contributed by atoms with E-state index in [0.29, 0.717) is 17.5 Å². The van der Waals surface area contributed by atoms with Crippen molar-refractivity contribution in [2.75, 3.05) is 18.8 Å². The van der Waals surface area contributed by atoms with Gasteiger partial charge in [0.2, 0.25) is 5.91 Å². The lowest BCUT2D eigenvalue weighted by molar-refractivity contribution is -0.131. The van der Waals surface area contributed by atoms with Crippen molar-refractivity contribution in [3.05, 3.63) is 46.0 Å². The molecule has 3 rings (SSSR count). The molecule has 1 saturated heterocycles. The van der Waals surface area contributed by atoms with Crippen LogP contribution in [0.15, 0.2) is 24.3 Å². The molecule has 0 spiro atoms. The standard InChI is InChI=1S/C18H23N3OS/c1-12-5-3-6-14(9-12)15-7-4-8-21(11-15)17(22)10-16-13(2)20-18(19)23-16/h3,5-6,9,15H,4,7-8,10-11H2,1-2H3,(H2,19,20). The van der Waals surface area contributed by atoms with Gasteiger partial charge in [0.1, 0.15) is 0 Å². The molecule has 0 bridgehead atoms. The lowest BCUT2D eigenvalue weighted by atomic mass is 9.89. The summed E-state index contributed by atoms with van der Waals surface area (Å²) in [5, 5.41) is 0.543. The zero-order chi connectivity index (χ0) is 16.4. The van der Waals surface area contributed by atoms with Gasteiger partial charge < -0.3 is 10.6 Å². The normalized spacial score (nSPS) is 18.2. The molecule has 0 aliphatic carbocycles. The van der Waals surface area contributed by atoms with Crippen LogP contribution >= 0.6 is 11.3 Å². The molecule has 1 amide bonds. The minimum Gasteiger partial charge on any atom is -0.375 e. The second kappa shape index (κ2) is 6.71. The van der Waals surface area contributed by atoms with Gasteiger partial charge in [-0.05, 0) is 32.3 Å². The highest BCUT2D eigenvalue weighted by molar-refractivity contribution is 7.15. The number of nitrogen functional groups attached to an aromatic ring is 1. The summed E-state index contributed by atoms with van der Waals surface area (Å²) in [4.78, 5) is 19.8. The summed E-state index contributed by atoms with van der Waals surface area (Å²) in [7, 11) is 0. The summed E-state index contributed by atoms with van der Waals surface area (Å²) in [6.07, 6.45) is 2.63. The predicted octanol–water partition coefficient (Wildman–Crippen LogP) is 3.29. The topological polar surface area (TPSA) is 59.2 Å². The number of rotatable bonds is 3. The van der Waals surface area contributed by atoms with Gasteiger partial charge in [-0.15, -0.1) is 11.3 Å². The van der Waals surface area contributed by atoms with Gasteiger partial charge in [0, 0.05) is 23.9 Å². The minimum atomic E-state index is 0.189. The van der Waals surface area contributed by atoms with Crippen molar-refractivity contribution in [2.24, 2.45) is 0 Å². The van der Waals surface area contributed by atoms with Crippen molar-refractivity contribution in [3.63, 3.8) is 0 Å². The average Bonchev–Trinajstić information content (AvgIpc) is 2.85. The third-order valence-electron chi connectivity index (χ3n) is 4.51. The fourth-order valence-electron chi connectivity index (χ4n) is 3.26. The van der Waals surface area contributed by atoms with E-state index in [1.165, 1.54) is 22.5 Å². The fourth-order valence-corrected chi connectivity index (χ4v) is 4.09. The summed E-state index contributed by atoms with van der Waals surface area (Å²) in [5.74, 6) is 0.634. The largest absolute Gasteiger partial charge is 0.375 e. The van der Waals surface area contributed by atoms with E-state index in [2.05, 4.69) is 36.2 Å². The monoisotopic (exact) mass is 329 g/mol. The van der Waals surface area contributed by atoms with E-state index in [1.807, 2.05) is 11.8 Å². The van der Waals surface area contributed by atoms with Gasteiger partial charge in [-0.25, -0.2) is 4.98 Å². The third kappa shape index (κ3) is 3.72. The number of carbonyl (C=O) groups is 1. The van der Waals surface area contributed by atoms with Crippen LogP contribution in [-0.2, 0) is 11.2 Å². The van der Waals surface area contributed by atoms with Crippen LogP contribution < -0.4 is 5.73 Å². The Morgan fingerprint density at radius 3 is 2.96 bits per heavy atom. The number of anilines is 1. The molecule has 4 nitrogen and oxygen atoms in total. The van der Waals surface area contributed by atoms with Gasteiger partial charge in [-0.2, -0.15) is 0 Å². The van der Waals surface area contributed by atoms with Gasteiger partial charge in [0.05, 0.1) is 12.1 Å². The molecule has 1 atom stereocenters. The first-order valence-corrected chi connectivity index (χ1v) is 8.90. The molecule has 1 fully saturated rings. The molecule has 5 heteroatoms. The molecule has 0 saturated carbocycles. The first kappa shape index (κ1) is 16.0. The van der Waals surface area contributed by atoms with Crippen LogP contribution in [0, 0.1) is 13.8 Å². The number of carbonyl (C=O) groups excluding carboxylic acids is 1. The number of likely N-dealkylation sites (tertiary alicyclic amines) is 1. The summed E-state index contributed by atoms with van der Waals surface area (Å²) in [6, 6.07) is 8.65. The lowest BCUT2D eigenvalue weighted by Gasteiger charge is -2.33. The highest BCUT2D eigenvalue weighted by Crippen LogP contribution is 2.28. The van der Waals surface area contributed by atoms with Crippen molar-refractivity contribution >= 4 is 22.4 Å². The van der Waals surface area contributed by atoms with E-state index in [9.17, 15) is 4.79 Å². The molecule has 1 aliphatic rings. The van der Waals surface area contributed by atoms with Crippen LogP contribution in [0.2, 0.25) is 0 Å². The van der Waals surface area contributed by atoms with E-state index in [-0.39, 0.29) is 5.91 Å². The molecule has 23 heavy (non-hydrogen) atoms. The summed E-state index contributed by atoms with van der Waals surface area (Å²) in [6.45, 7) is 5.71. The Balaban J connectivity index is 1.68. The number of hydrogen-bond donors (Lipinski definition) is 1. The lowest BCUT2D eigenvalue weighted by Crippen LogP contribution is -2.39. The zero-order valence-corrected chi connectivity index (χ0v) is 14.5. The SMILES string of the molecule is Cc1cccc(C2CCCN(C(=O)Cc3sc(N)nc3C)C2)c1. The number of aryl methyl sites for hydroxylation is 2. The van der Waals surface area contributed by atoms with E-state index >= 15 is 0 Å². The molecule has 1 unspecified atom stereocenters. The van der Waals surface area contributed by atoms with Crippen LogP contribution in [0.1, 0.15) is 40.5 Å². The Kier molecular flexibility index (Phi) is 4.66. The minimum absolute atomic E-state index is 0.189. The summed E-state index contributed by atoms with van der Waals surface area (Å²) in [5.41, 5.74) is 9.24. The second-order valence-electron chi connectivity index (χ2n) is 6.33. The Hall–Kier alpha value is -1.88. The molecular formula is C18H23N3OS. The molecule has 122 valence electrons. The van der Waals surface area contributed by atoms with Crippen LogP contribution in [0.4, 0.5) is 5.13 Å².